The second-order valence-corrected chi connectivity index (χ2v) is 7.98. The number of benzene rings is 1. The number of para-hydroxylation sites is 1. The molecule has 0 unspecified atom stereocenters. The van der Waals surface area contributed by atoms with E-state index in [-0.39, 0.29) is 5.91 Å². The fourth-order valence-electron chi connectivity index (χ4n) is 5.21. The van der Waals surface area contributed by atoms with Crippen molar-refractivity contribution in [2.24, 2.45) is 24.8 Å². The van der Waals surface area contributed by atoms with E-state index in [2.05, 4.69) is 54.3 Å². The van der Waals surface area contributed by atoms with E-state index in [1.54, 1.807) is 0 Å². The van der Waals surface area contributed by atoms with Crippen LogP contribution in [0, 0.1) is 17.8 Å². The first-order chi connectivity index (χ1) is 11.6. The molecule has 3 heteroatoms. The maximum atomic E-state index is 12.4. The van der Waals surface area contributed by atoms with Gasteiger partial charge in [0, 0.05) is 36.6 Å². The highest BCUT2D eigenvalue weighted by Crippen LogP contribution is 2.49. The highest BCUT2D eigenvalue weighted by molar-refractivity contribution is 5.85. The number of carbonyl (C=O) groups is 1. The van der Waals surface area contributed by atoms with Crippen LogP contribution in [0.25, 0.3) is 10.9 Å². The minimum atomic E-state index is 0.207. The van der Waals surface area contributed by atoms with Crippen LogP contribution in [0.3, 0.4) is 0 Å². The molecule has 4 atom stereocenters. The van der Waals surface area contributed by atoms with Gasteiger partial charge in [-0.15, -0.1) is 0 Å². The molecule has 1 aromatic carbocycles. The second-order valence-electron chi connectivity index (χ2n) is 7.98. The van der Waals surface area contributed by atoms with Crippen LogP contribution in [-0.4, -0.2) is 16.5 Å². The van der Waals surface area contributed by atoms with Crippen molar-refractivity contribution in [2.45, 2.75) is 51.5 Å². The number of fused-ring (bicyclic) bond motifs is 3. The molecule has 4 rings (SSSR count). The van der Waals surface area contributed by atoms with Crippen LogP contribution >= 0.6 is 0 Å². The maximum Gasteiger partial charge on any atom is 0.220 e. The van der Waals surface area contributed by atoms with E-state index in [4.69, 9.17) is 0 Å². The van der Waals surface area contributed by atoms with Gasteiger partial charge in [-0.1, -0.05) is 24.6 Å². The Balaban J connectivity index is 1.34. The van der Waals surface area contributed by atoms with Crippen LogP contribution in [0.5, 0.6) is 0 Å². The fourth-order valence-corrected chi connectivity index (χ4v) is 5.21. The highest BCUT2D eigenvalue weighted by Gasteiger charge is 2.42. The zero-order valence-corrected chi connectivity index (χ0v) is 14.8. The molecule has 2 fully saturated rings. The lowest BCUT2D eigenvalue weighted by Crippen LogP contribution is -2.40. The third-order valence-electron chi connectivity index (χ3n) is 6.42. The number of amides is 1. The Morgan fingerprint density at radius 1 is 1.29 bits per heavy atom. The van der Waals surface area contributed by atoms with Crippen molar-refractivity contribution in [3.8, 4) is 0 Å². The van der Waals surface area contributed by atoms with Crippen molar-refractivity contribution < 1.29 is 4.79 Å². The zero-order chi connectivity index (χ0) is 16.7. The maximum absolute atomic E-state index is 12.4. The van der Waals surface area contributed by atoms with E-state index >= 15 is 0 Å². The molecule has 2 bridgehead atoms. The number of hydrogen-bond acceptors (Lipinski definition) is 1. The molecule has 3 nitrogen and oxygen atoms in total. The lowest BCUT2D eigenvalue weighted by molar-refractivity contribution is -0.122. The SMILES string of the molecule is C[C@@H](NC(=O)CCc1cn(C)c2ccccc12)[C@@H]1C[C@H]2CC[C@H]1C2. The van der Waals surface area contributed by atoms with E-state index in [0.29, 0.717) is 18.4 Å². The van der Waals surface area contributed by atoms with Gasteiger partial charge in [-0.25, -0.2) is 0 Å². The zero-order valence-electron chi connectivity index (χ0n) is 14.8. The Kier molecular flexibility index (Phi) is 4.11. The quantitative estimate of drug-likeness (QED) is 0.884. The van der Waals surface area contributed by atoms with Gasteiger partial charge in [-0.05, 0) is 62.0 Å². The number of rotatable bonds is 5. The van der Waals surface area contributed by atoms with E-state index in [0.717, 1.165) is 18.3 Å². The topological polar surface area (TPSA) is 34.0 Å². The molecule has 2 aliphatic carbocycles. The molecule has 1 heterocycles. The summed E-state index contributed by atoms with van der Waals surface area (Å²) in [6, 6.07) is 8.76. The molecule has 0 radical (unpaired) electrons. The molecular formula is C21H28N2O. The first-order valence-electron chi connectivity index (χ1n) is 9.44. The van der Waals surface area contributed by atoms with Crippen LogP contribution < -0.4 is 5.32 Å². The fraction of sp³-hybridized carbons (Fsp3) is 0.571. The summed E-state index contributed by atoms with van der Waals surface area (Å²) >= 11 is 0. The first-order valence-corrected chi connectivity index (χ1v) is 9.44. The summed E-state index contributed by atoms with van der Waals surface area (Å²) in [6.45, 7) is 2.21. The summed E-state index contributed by atoms with van der Waals surface area (Å²) in [5, 5.41) is 4.56. The van der Waals surface area contributed by atoms with Crippen molar-refractivity contribution in [2.75, 3.05) is 0 Å². The molecule has 1 N–H and O–H groups in total. The minimum Gasteiger partial charge on any atom is -0.353 e. The number of hydrogen-bond donors (Lipinski definition) is 1. The molecule has 2 aromatic rings. The Morgan fingerprint density at radius 2 is 2.12 bits per heavy atom. The average molecular weight is 324 g/mol. The van der Waals surface area contributed by atoms with E-state index < -0.39 is 0 Å². The van der Waals surface area contributed by atoms with Crippen molar-refractivity contribution >= 4 is 16.8 Å². The Morgan fingerprint density at radius 3 is 2.88 bits per heavy atom. The van der Waals surface area contributed by atoms with Crippen molar-refractivity contribution in [3.05, 3.63) is 36.0 Å². The summed E-state index contributed by atoms with van der Waals surface area (Å²) in [5.74, 6) is 2.72. The van der Waals surface area contributed by atoms with E-state index in [9.17, 15) is 4.79 Å². The van der Waals surface area contributed by atoms with Gasteiger partial charge >= 0.3 is 0 Å². The summed E-state index contributed by atoms with van der Waals surface area (Å²) in [4.78, 5) is 12.4. The van der Waals surface area contributed by atoms with Crippen LogP contribution in [0.1, 0.15) is 44.6 Å². The van der Waals surface area contributed by atoms with Gasteiger partial charge < -0.3 is 9.88 Å². The minimum absolute atomic E-state index is 0.207. The number of nitrogens with zero attached hydrogens (tertiary/aromatic N) is 1. The molecule has 128 valence electrons. The average Bonchev–Trinajstić information content (AvgIpc) is 3.28. The second kappa shape index (κ2) is 6.27. The normalized spacial score (nSPS) is 26.8. The monoisotopic (exact) mass is 324 g/mol. The van der Waals surface area contributed by atoms with Gasteiger partial charge in [0.05, 0.1) is 0 Å². The lowest BCUT2D eigenvalue weighted by atomic mass is 9.84. The largest absolute Gasteiger partial charge is 0.353 e. The van der Waals surface area contributed by atoms with E-state index in [1.807, 2.05) is 0 Å². The Bertz CT molecular complexity index is 747. The number of aryl methyl sites for hydroxylation is 2. The van der Waals surface area contributed by atoms with Gasteiger partial charge in [0.25, 0.3) is 0 Å². The van der Waals surface area contributed by atoms with Crippen LogP contribution in [0.2, 0.25) is 0 Å². The van der Waals surface area contributed by atoms with Gasteiger partial charge in [0.1, 0.15) is 0 Å². The van der Waals surface area contributed by atoms with Crippen molar-refractivity contribution in [1.29, 1.82) is 0 Å². The van der Waals surface area contributed by atoms with Gasteiger partial charge in [-0.3, -0.25) is 4.79 Å². The Hall–Kier alpha value is -1.77. The summed E-state index contributed by atoms with van der Waals surface area (Å²) in [5.41, 5.74) is 2.51. The van der Waals surface area contributed by atoms with Crippen molar-refractivity contribution in [1.82, 2.24) is 9.88 Å². The molecule has 2 saturated carbocycles. The van der Waals surface area contributed by atoms with Crippen LogP contribution in [-0.2, 0) is 18.3 Å². The third kappa shape index (κ3) is 2.85. The smallest absolute Gasteiger partial charge is 0.220 e. The highest BCUT2D eigenvalue weighted by atomic mass is 16.1. The van der Waals surface area contributed by atoms with Gasteiger partial charge in [-0.2, -0.15) is 0 Å². The van der Waals surface area contributed by atoms with Crippen LogP contribution in [0.15, 0.2) is 30.5 Å². The summed E-state index contributed by atoms with van der Waals surface area (Å²) < 4.78 is 2.15. The molecule has 24 heavy (non-hydrogen) atoms. The number of aromatic nitrogens is 1. The molecular weight excluding hydrogens is 296 g/mol. The summed E-state index contributed by atoms with van der Waals surface area (Å²) in [6.07, 6.45) is 9.10. The third-order valence-corrected chi connectivity index (χ3v) is 6.42. The number of nitrogens with one attached hydrogen (secondary N) is 1. The van der Waals surface area contributed by atoms with Crippen LogP contribution in [0.4, 0.5) is 0 Å². The predicted molar refractivity (Wildman–Crippen MR) is 97.8 cm³/mol. The van der Waals surface area contributed by atoms with Gasteiger partial charge in [0.2, 0.25) is 5.91 Å². The Labute approximate surface area is 144 Å². The molecule has 0 aliphatic heterocycles. The molecule has 2 aliphatic rings. The standard InChI is InChI=1S/C21H28N2O/c1-14(19-12-15-7-8-16(19)11-15)22-21(24)10-9-17-13-23(2)20-6-4-3-5-18(17)20/h3-6,13-16,19H,7-12H2,1-2H3,(H,22,24)/t14-,15+,16+,19+/m1/s1. The molecule has 0 saturated heterocycles. The molecule has 1 aromatic heterocycles. The molecule has 0 spiro atoms. The predicted octanol–water partition coefficient (Wildman–Crippen LogP) is 4.05. The summed E-state index contributed by atoms with van der Waals surface area (Å²) in [7, 11) is 2.07. The molecule has 1 amide bonds. The first kappa shape index (κ1) is 15.7. The lowest BCUT2D eigenvalue weighted by Gasteiger charge is -2.28. The number of carbonyl (C=O) groups excluding carboxylic acids is 1. The van der Waals surface area contributed by atoms with Gasteiger partial charge in [0.15, 0.2) is 0 Å². The van der Waals surface area contributed by atoms with E-state index in [1.165, 1.54) is 42.1 Å². The van der Waals surface area contributed by atoms with Crippen molar-refractivity contribution in [3.63, 3.8) is 0 Å².